The maximum absolute atomic E-state index is 12.5. The average molecular weight is 762 g/mol. The second-order valence-electron chi connectivity index (χ2n) is 12.8. The van der Waals surface area contributed by atoms with E-state index in [1.165, 1.54) is 38.5 Å². The van der Waals surface area contributed by atoms with Crippen molar-refractivity contribution >= 4 is 19.8 Å². The van der Waals surface area contributed by atoms with Crippen LogP contribution in [0.2, 0.25) is 0 Å². The third-order valence-electron chi connectivity index (χ3n) is 7.77. The highest BCUT2D eigenvalue weighted by molar-refractivity contribution is 7.47. The van der Waals surface area contributed by atoms with E-state index in [1.54, 1.807) is 0 Å². The fourth-order valence-corrected chi connectivity index (χ4v) is 5.58. The third-order valence-corrected chi connectivity index (χ3v) is 8.75. The van der Waals surface area contributed by atoms with Gasteiger partial charge in [-0.2, -0.15) is 0 Å². The van der Waals surface area contributed by atoms with Gasteiger partial charge in [-0.05, 0) is 83.5 Å². The molecule has 0 saturated heterocycles. The smallest absolute Gasteiger partial charge is 0.462 e. The Labute approximate surface area is 322 Å². The molecule has 0 aromatic rings. The minimum Gasteiger partial charge on any atom is -0.462 e. The Kier molecular flexibility index (Phi) is 36.8. The first-order chi connectivity index (χ1) is 25.8. The number of carbonyl (C=O) groups excluding carboxylic acids is 2. The fraction of sp³-hybridized carbons (Fsp3) is 0.628. The summed E-state index contributed by atoms with van der Waals surface area (Å²) in [5.41, 5.74) is 5.33. The van der Waals surface area contributed by atoms with Crippen LogP contribution in [0.4, 0.5) is 0 Å². The Morgan fingerprint density at radius 2 is 1.06 bits per heavy atom. The Balaban J connectivity index is 4.38. The lowest BCUT2D eigenvalue weighted by atomic mass is 10.1. The average Bonchev–Trinajstić information content (AvgIpc) is 3.14. The van der Waals surface area contributed by atoms with Gasteiger partial charge in [-0.25, -0.2) is 4.57 Å². The first-order valence-electron chi connectivity index (χ1n) is 20.1. The van der Waals surface area contributed by atoms with Crippen LogP contribution in [-0.2, 0) is 32.7 Å². The van der Waals surface area contributed by atoms with Gasteiger partial charge in [0.05, 0.1) is 13.2 Å². The van der Waals surface area contributed by atoms with Gasteiger partial charge < -0.3 is 20.1 Å². The van der Waals surface area contributed by atoms with Crippen LogP contribution in [0, 0.1) is 0 Å². The summed E-state index contributed by atoms with van der Waals surface area (Å²) in [6, 6.07) is 0. The second kappa shape index (κ2) is 38.9. The fourth-order valence-electron chi connectivity index (χ4n) is 4.82. The molecule has 302 valence electrons. The molecule has 1 unspecified atom stereocenters. The van der Waals surface area contributed by atoms with Crippen molar-refractivity contribution in [2.24, 2.45) is 5.73 Å². The van der Waals surface area contributed by atoms with Gasteiger partial charge in [-0.3, -0.25) is 18.6 Å². The topological polar surface area (TPSA) is 134 Å². The van der Waals surface area contributed by atoms with Crippen molar-refractivity contribution < 1.29 is 37.6 Å². The highest BCUT2D eigenvalue weighted by Crippen LogP contribution is 2.43. The molecule has 0 rings (SSSR count). The number of esters is 2. The van der Waals surface area contributed by atoms with Crippen molar-refractivity contribution in [1.82, 2.24) is 0 Å². The molecule has 10 heteroatoms. The van der Waals surface area contributed by atoms with Crippen molar-refractivity contribution in [3.8, 4) is 0 Å². The summed E-state index contributed by atoms with van der Waals surface area (Å²) in [6.45, 7) is 3.47. The van der Waals surface area contributed by atoms with Gasteiger partial charge in [0.15, 0.2) is 6.10 Å². The van der Waals surface area contributed by atoms with E-state index in [4.69, 9.17) is 24.3 Å². The van der Waals surface area contributed by atoms with E-state index in [0.29, 0.717) is 19.3 Å². The number of carbonyl (C=O) groups is 2. The standard InChI is InChI=1S/C43H72NO8P/c1-3-5-7-9-11-13-15-17-19-20-22-24-26-28-30-32-34-36-43(46)52-41(40-51-53(47,48)50-38-37-44)39-49-42(45)35-33-31-29-27-25-23-21-18-16-14-12-10-8-6-4-2/h6,8,12,14,17-19,21-22,24-25,27-28,30,41H,3-5,7,9-11,13,15-16,20,23,26,29,31-40,44H2,1-2H3,(H,47,48)/b8-6-,14-12-,19-17-,21-18-,24-22-,27-25-,30-28-/t41-/m1/s1. The molecule has 0 bridgehead atoms. The lowest BCUT2D eigenvalue weighted by Crippen LogP contribution is -2.29. The van der Waals surface area contributed by atoms with Gasteiger partial charge in [0.2, 0.25) is 0 Å². The van der Waals surface area contributed by atoms with Gasteiger partial charge in [-0.15, -0.1) is 0 Å². The molecular weight excluding hydrogens is 689 g/mol. The maximum atomic E-state index is 12.5. The number of hydrogen-bond acceptors (Lipinski definition) is 8. The quantitative estimate of drug-likeness (QED) is 0.0277. The molecule has 0 aliphatic rings. The minimum atomic E-state index is -4.40. The van der Waals surface area contributed by atoms with Gasteiger partial charge in [0.1, 0.15) is 6.61 Å². The molecule has 2 atom stereocenters. The number of phosphoric acid groups is 1. The first-order valence-corrected chi connectivity index (χ1v) is 21.6. The monoisotopic (exact) mass is 761 g/mol. The number of hydrogen-bond donors (Lipinski definition) is 2. The van der Waals surface area contributed by atoms with Crippen molar-refractivity contribution in [3.05, 3.63) is 85.1 Å². The van der Waals surface area contributed by atoms with Crippen LogP contribution in [-0.4, -0.2) is 49.3 Å². The number of rotatable bonds is 36. The van der Waals surface area contributed by atoms with Gasteiger partial charge in [-0.1, -0.05) is 131 Å². The summed E-state index contributed by atoms with van der Waals surface area (Å²) in [7, 11) is -4.40. The van der Waals surface area contributed by atoms with Crippen LogP contribution >= 0.6 is 7.82 Å². The van der Waals surface area contributed by atoms with Crippen LogP contribution in [0.1, 0.15) is 142 Å². The Morgan fingerprint density at radius 3 is 1.60 bits per heavy atom. The number of allylic oxidation sites excluding steroid dienone is 14. The highest BCUT2D eigenvalue weighted by atomic mass is 31.2. The number of nitrogens with two attached hydrogens (primary N) is 1. The van der Waals surface area contributed by atoms with Crippen molar-refractivity contribution in [3.63, 3.8) is 0 Å². The lowest BCUT2D eigenvalue weighted by Gasteiger charge is -2.19. The van der Waals surface area contributed by atoms with E-state index in [0.717, 1.165) is 57.8 Å². The van der Waals surface area contributed by atoms with E-state index in [9.17, 15) is 19.0 Å². The SMILES string of the molecule is CC/C=C\C/C=C\C/C=C\C/C=C\CCCCC(=O)OC[C@H](COP(=O)(O)OCCN)OC(=O)CCC/C=C\C/C=C\C/C=C\CCCCCCCC. The molecule has 0 spiro atoms. The van der Waals surface area contributed by atoms with Crippen molar-refractivity contribution in [2.75, 3.05) is 26.4 Å². The summed E-state index contributed by atoms with van der Waals surface area (Å²) in [6.07, 6.45) is 47.7. The molecule has 0 heterocycles. The Morgan fingerprint density at radius 1 is 0.585 bits per heavy atom. The number of phosphoric ester groups is 1. The molecular formula is C43H72NO8P. The van der Waals surface area contributed by atoms with E-state index >= 15 is 0 Å². The summed E-state index contributed by atoms with van der Waals surface area (Å²) in [5, 5.41) is 0. The summed E-state index contributed by atoms with van der Waals surface area (Å²) >= 11 is 0. The molecule has 0 aromatic carbocycles. The highest BCUT2D eigenvalue weighted by Gasteiger charge is 2.25. The van der Waals surface area contributed by atoms with Crippen molar-refractivity contribution in [2.45, 2.75) is 148 Å². The molecule has 9 nitrogen and oxygen atoms in total. The lowest BCUT2D eigenvalue weighted by molar-refractivity contribution is -0.161. The largest absolute Gasteiger partial charge is 0.472 e. The molecule has 0 aromatic heterocycles. The molecule has 0 saturated carbocycles. The summed E-state index contributed by atoms with van der Waals surface area (Å²) in [4.78, 5) is 34.7. The van der Waals surface area contributed by atoms with E-state index < -0.39 is 32.5 Å². The molecule has 0 radical (unpaired) electrons. The molecule has 0 aliphatic carbocycles. The van der Waals surface area contributed by atoms with Crippen LogP contribution in [0.5, 0.6) is 0 Å². The predicted octanol–water partition coefficient (Wildman–Crippen LogP) is 11.3. The predicted molar refractivity (Wildman–Crippen MR) is 219 cm³/mol. The van der Waals surface area contributed by atoms with E-state index in [-0.39, 0.29) is 32.6 Å². The Bertz CT molecular complexity index is 1140. The third kappa shape index (κ3) is 38.7. The van der Waals surface area contributed by atoms with Crippen molar-refractivity contribution in [1.29, 1.82) is 0 Å². The zero-order valence-corrected chi connectivity index (χ0v) is 33.9. The van der Waals surface area contributed by atoms with Crippen LogP contribution in [0.15, 0.2) is 85.1 Å². The van der Waals surface area contributed by atoms with E-state index in [2.05, 4.69) is 92.8 Å². The zero-order valence-electron chi connectivity index (χ0n) is 33.0. The first kappa shape index (κ1) is 50.2. The molecule has 0 fully saturated rings. The van der Waals surface area contributed by atoms with E-state index in [1.807, 2.05) is 6.08 Å². The Hall–Kier alpha value is -2.81. The summed E-state index contributed by atoms with van der Waals surface area (Å²) in [5.74, 6) is -0.949. The van der Waals surface area contributed by atoms with Crippen LogP contribution in [0.3, 0.4) is 0 Å². The minimum absolute atomic E-state index is 0.0354. The normalized spacial score (nSPS) is 14.3. The second-order valence-corrected chi connectivity index (χ2v) is 14.2. The van der Waals surface area contributed by atoms with Gasteiger partial charge in [0.25, 0.3) is 0 Å². The molecule has 0 amide bonds. The number of ether oxygens (including phenoxy) is 2. The molecule has 53 heavy (non-hydrogen) atoms. The maximum Gasteiger partial charge on any atom is 0.472 e. The summed E-state index contributed by atoms with van der Waals surface area (Å²) < 4.78 is 32.6. The van der Waals surface area contributed by atoms with Gasteiger partial charge in [0, 0.05) is 19.4 Å². The molecule has 0 aliphatic heterocycles. The zero-order chi connectivity index (χ0) is 38.9. The number of unbranched alkanes of at least 4 members (excludes halogenated alkanes) is 9. The van der Waals surface area contributed by atoms with Crippen LogP contribution < -0.4 is 5.73 Å². The van der Waals surface area contributed by atoms with Crippen LogP contribution in [0.25, 0.3) is 0 Å². The van der Waals surface area contributed by atoms with Gasteiger partial charge >= 0.3 is 19.8 Å². The molecule has 3 N–H and O–H groups in total.